The first-order valence-corrected chi connectivity index (χ1v) is 12.1. The van der Waals surface area contributed by atoms with Crippen molar-refractivity contribution in [2.75, 3.05) is 26.7 Å². The summed E-state index contributed by atoms with van der Waals surface area (Å²) in [6.07, 6.45) is 3.85. The molecule has 0 bridgehead atoms. The van der Waals surface area contributed by atoms with Crippen molar-refractivity contribution in [2.24, 2.45) is 5.92 Å². The number of likely N-dealkylation sites (N-methyl/N-ethyl adjacent to an activating group) is 1. The first kappa shape index (κ1) is 20.5. The Balaban J connectivity index is 1.55. The van der Waals surface area contributed by atoms with Gasteiger partial charge in [-0.1, -0.05) is 18.2 Å². The second-order valence-corrected chi connectivity index (χ2v) is 9.76. The van der Waals surface area contributed by atoms with Crippen molar-refractivity contribution in [1.29, 1.82) is 0 Å². The second-order valence-electron chi connectivity index (χ2n) is 8.81. The van der Waals surface area contributed by atoms with Gasteiger partial charge in [0.15, 0.2) is 0 Å². The molecule has 1 aliphatic heterocycles. The number of nitrogens with zero attached hydrogens (tertiary/aromatic N) is 3. The van der Waals surface area contributed by atoms with E-state index in [9.17, 15) is 9.59 Å². The van der Waals surface area contributed by atoms with Crippen molar-refractivity contribution in [2.45, 2.75) is 38.6 Å². The topological polar surface area (TPSA) is 45.6 Å². The van der Waals surface area contributed by atoms with Crippen LogP contribution in [0.15, 0.2) is 41.9 Å². The van der Waals surface area contributed by atoms with Crippen LogP contribution in [0.4, 0.5) is 0 Å². The van der Waals surface area contributed by atoms with Crippen LogP contribution in [0.2, 0.25) is 0 Å². The van der Waals surface area contributed by atoms with Crippen LogP contribution in [0.5, 0.6) is 0 Å². The molecule has 31 heavy (non-hydrogen) atoms. The molecule has 3 aromatic rings. The molecular formula is C25H29N3O2S. The normalized spacial score (nSPS) is 23.0. The molecule has 0 N–H and O–H groups in total. The SMILES string of the molecule is CCN(CC)C(=O)[C@@H]1CC2c3cccc4c3c(cn4C(=O)c3cccs3)C[C@H]2N(C)C1. The molecule has 2 aromatic heterocycles. The van der Waals surface area contributed by atoms with Gasteiger partial charge < -0.3 is 9.80 Å². The minimum atomic E-state index is 0.0257. The molecule has 6 heteroatoms. The highest BCUT2D eigenvalue weighted by atomic mass is 32.1. The van der Waals surface area contributed by atoms with E-state index in [1.54, 1.807) is 0 Å². The second kappa shape index (κ2) is 7.92. The predicted molar refractivity (Wildman–Crippen MR) is 125 cm³/mol. The average Bonchev–Trinajstić information content (AvgIpc) is 3.44. The lowest BCUT2D eigenvalue weighted by Gasteiger charge is -2.45. The van der Waals surface area contributed by atoms with Gasteiger partial charge in [0, 0.05) is 43.2 Å². The van der Waals surface area contributed by atoms with E-state index in [2.05, 4.69) is 44.0 Å². The van der Waals surface area contributed by atoms with Gasteiger partial charge in [0.05, 0.1) is 16.3 Å². The van der Waals surface area contributed by atoms with Crippen LogP contribution in [0.1, 0.15) is 47.0 Å². The summed E-state index contributed by atoms with van der Waals surface area (Å²) in [6.45, 7) is 6.43. The van der Waals surface area contributed by atoms with E-state index in [1.807, 2.05) is 33.2 Å². The number of thiophene rings is 1. The van der Waals surface area contributed by atoms with Gasteiger partial charge in [-0.05, 0) is 62.4 Å². The molecule has 1 saturated heterocycles. The molecular weight excluding hydrogens is 406 g/mol. The van der Waals surface area contributed by atoms with Gasteiger partial charge in [0.2, 0.25) is 5.91 Å². The molecule has 2 aliphatic rings. The van der Waals surface area contributed by atoms with Gasteiger partial charge in [0.1, 0.15) is 0 Å². The third-order valence-corrected chi connectivity index (χ3v) is 8.08. The molecule has 1 fully saturated rings. The Morgan fingerprint density at radius 3 is 2.68 bits per heavy atom. The van der Waals surface area contributed by atoms with E-state index < -0.39 is 0 Å². The fraction of sp³-hybridized carbons (Fsp3) is 0.440. The number of aromatic nitrogens is 1. The molecule has 1 amide bonds. The molecule has 0 saturated carbocycles. The largest absolute Gasteiger partial charge is 0.343 e. The number of carbonyl (C=O) groups excluding carboxylic acids is 2. The van der Waals surface area contributed by atoms with Gasteiger partial charge in [-0.25, -0.2) is 0 Å². The molecule has 1 unspecified atom stereocenters. The lowest BCUT2D eigenvalue weighted by atomic mass is 9.72. The van der Waals surface area contributed by atoms with E-state index >= 15 is 0 Å². The smallest absolute Gasteiger partial charge is 0.272 e. The third kappa shape index (κ3) is 3.24. The van der Waals surface area contributed by atoms with Crippen molar-refractivity contribution in [1.82, 2.24) is 14.4 Å². The molecule has 3 atom stereocenters. The number of benzene rings is 1. The van der Waals surface area contributed by atoms with Crippen molar-refractivity contribution in [3.05, 3.63) is 57.9 Å². The third-order valence-electron chi connectivity index (χ3n) is 7.22. The Bertz CT molecular complexity index is 1130. The average molecular weight is 436 g/mol. The van der Waals surface area contributed by atoms with E-state index in [4.69, 9.17) is 0 Å². The quantitative estimate of drug-likeness (QED) is 0.616. The molecule has 1 aromatic carbocycles. The number of likely N-dealkylation sites (tertiary alicyclic amines) is 1. The number of piperidine rings is 1. The summed E-state index contributed by atoms with van der Waals surface area (Å²) in [6, 6.07) is 10.5. The van der Waals surface area contributed by atoms with Crippen molar-refractivity contribution in [3.63, 3.8) is 0 Å². The molecule has 1 aliphatic carbocycles. The fourth-order valence-corrected chi connectivity index (χ4v) is 6.37. The Labute approximate surface area is 187 Å². The number of carbonyl (C=O) groups is 2. The van der Waals surface area contributed by atoms with Crippen LogP contribution >= 0.6 is 11.3 Å². The lowest BCUT2D eigenvalue weighted by molar-refractivity contribution is -0.137. The Kier molecular flexibility index (Phi) is 5.22. The summed E-state index contributed by atoms with van der Waals surface area (Å²) in [7, 11) is 2.15. The monoisotopic (exact) mass is 435 g/mol. The molecule has 5 nitrogen and oxygen atoms in total. The van der Waals surface area contributed by atoms with Crippen LogP contribution in [0, 0.1) is 5.92 Å². The number of hydrogen-bond donors (Lipinski definition) is 0. The summed E-state index contributed by atoms with van der Waals surface area (Å²) in [5, 5.41) is 3.16. The van der Waals surface area contributed by atoms with Crippen LogP contribution in [0.3, 0.4) is 0 Å². The Morgan fingerprint density at radius 1 is 1.16 bits per heavy atom. The standard InChI is InChI=1S/C25H29N3O2S/c1-4-27(5-2)24(29)17-12-19-18-8-6-9-20-23(18)16(13-21(19)26(3)14-17)15-28(20)25(30)22-10-7-11-31-22/h6-11,15,17,19,21H,4-5,12-14H2,1-3H3/t17-,19?,21-/m1/s1. The minimum Gasteiger partial charge on any atom is -0.343 e. The minimum absolute atomic E-state index is 0.0257. The van der Waals surface area contributed by atoms with Crippen LogP contribution < -0.4 is 0 Å². The Hall–Kier alpha value is -2.44. The number of rotatable bonds is 4. The van der Waals surface area contributed by atoms with Crippen molar-refractivity contribution >= 4 is 34.1 Å². The first-order chi connectivity index (χ1) is 15.0. The summed E-state index contributed by atoms with van der Waals surface area (Å²) in [5.74, 6) is 0.653. The van der Waals surface area contributed by atoms with E-state index in [0.717, 1.165) is 42.9 Å². The summed E-state index contributed by atoms with van der Waals surface area (Å²) >= 11 is 1.48. The fourth-order valence-electron chi connectivity index (χ4n) is 5.71. The maximum atomic E-state index is 13.2. The Morgan fingerprint density at radius 2 is 1.97 bits per heavy atom. The zero-order chi connectivity index (χ0) is 21.7. The van der Waals surface area contributed by atoms with Gasteiger partial charge in [0.25, 0.3) is 5.91 Å². The van der Waals surface area contributed by atoms with Gasteiger partial charge in [-0.3, -0.25) is 14.2 Å². The summed E-state index contributed by atoms with van der Waals surface area (Å²) in [4.78, 5) is 31.4. The number of hydrogen-bond acceptors (Lipinski definition) is 4. The van der Waals surface area contributed by atoms with Crippen LogP contribution in [0.25, 0.3) is 10.9 Å². The summed E-state index contributed by atoms with van der Waals surface area (Å²) in [5.41, 5.74) is 3.53. The maximum Gasteiger partial charge on any atom is 0.272 e. The van der Waals surface area contributed by atoms with E-state index in [1.165, 1.54) is 27.8 Å². The molecule has 0 spiro atoms. The predicted octanol–water partition coefficient (Wildman–Crippen LogP) is 4.22. The highest BCUT2D eigenvalue weighted by Gasteiger charge is 2.42. The van der Waals surface area contributed by atoms with Gasteiger partial charge >= 0.3 is 0 Å². The highest BCUT2D eigenvalue weighted by molar-refractivity contribution is 7.12. The zero-order valence-corrected chi connectivity index (χ0v) is 19.2. The molecule has 0 radical (unpaired) electrons. The lowest BCUT2D eigenvalue weighted by Crippen LogP contribution is -2.52. The number of amides is 1. The van der Waals surface area contributed by atoms with Gasteiger partial charge in [-0.15, -0.1) is 11.3 Å². The number of fused-ring (bicyclic) bond motifs is 2. The van der Waals surface area contributed by atoms with Crippen molar-refractivity contribution < 1.29 is 9.59 Å². The van der Waals surface area contributed by atoms with E-state index in [0.29, 0.717) is 12.0 Å². The first-order valence-electron chi connectivity index (χ1n) is 11.2. The van der Waals surface area contributed by atoms with Gasteiger partial charge in [-0.2, -0.15) is 0 Å². The zero-order valence-electron chi connectivity index (χ0n) is 18.4. The van der Waals surface area contributed by atoms with Crippen LogP contribution in [-0.4, -0.2) is 58.9 Å². The molecule has 162 valence electrons. The molecule has 3 heterocycles. The molecule has 5 rings (SSSR count). The maximum absolute atomic E-state index is 13.2. The van der Waals surface area contributed by atoms with Crippen molar-refractivity contribution in [3.8, 4) is 0 Å². The summed E-state index contributed by atoms with van der Waals surface area (Å²) < 4.78 is 1.83. The van der Waals surface area contributed by atoms with E-state index in [-0.39, 0.29) is 17.7 Å². The van der Waals surface area contributed by atoms with Crippen LogP contribution in [-0.2, 0) is 11.2 Å². The highest BCUT2D eigenvalue weighted by Crippen LogP contribution is 2.45.